The van der Waals surface area contributed by atoms with Crippen molar-refractivity contribution in [3.05, 3.63) is 35.4 Å². The fourth-order valence-electron chi connectivity index (χ4n) is 1.75. The van der Waals surface area contributed by atoms with E-state index in [9.17, 15) is 8.78 Å². The van der Waals surface area contributed by atoms with E-state index in [1.165, 1.54) is 18.2 Å². The molecule has 1 aromatic rings. The molecule has 1 aromatic carbocycles. The Bertz CT molecular complexity index is 490. The zero-order valence-electron chi connectivity index (χ0n) is 14.1. The Hall–Kier alpha value is -0.570. The highest BCUT2D eigenvalue weighted by Crippen LogP contribution is 2.20. The molecule has 0 aliphatic carbocycles. The van der Waals surface area contributed by atoms with Crippen LogP contribution in [0.3, 0.4) is 0 Å². The van der Waals surface area contributed by atoms with Gasteiger partial charge in [-0.05, 0) is 45.6 Å². The van der Waals surface area contributed by atoms with E-state index in [4.69, 9.17) is 0 Å². The minimum Gasteiger partial charge on any atom is -0.357 e. The summed E-state index contributed by atoms with van der Waals surface area (Å²) in [5, 5.41) is 6.25. The molecular formula is C16H26F2IN3S. The Labute approximate surface area is 159 Å². The third-order valence-corrected chi connectivity index (χ3v) is 4.48. The number of nitrogens with one attached hydrogen (secondary N) is 2. The first-order chi connectivity index (χ1) is 10.4. The summed E-state index contributed by atoms with van der Waals surface area (Å²) in [6.45, 7) is 8.05. The van der Waals surface area contributed by atoms with E-state index < -0.39 is 11.6 Å². The lowest BCUT2D eigenvalue weighted by Crippen LogP contribution is -2.39. The minimum atomic E-state index is -0.507. The highest BCUT2D eigenvalue weighted by atomic mass is 127. The topological polar surface area (TPSA) is 36.4 Å². The smallest absolute Gasteiger partial charge is 0.191 e. The lowest BCUT2D eigenvalue weighted by molar-refractivity contribution is 0.553. The quantitative estimate of drug-likeness (QED) is 0.372. The molecule has 0 aliphatic rings. The summed E-state index contributed by atoms with van der Waals surface area (Å²) in [6, 6.07) is 3.93. The highest BCUT2D eigenvalue weighted by molar-refractivity contribution is 14.0. The zero-order valence-corrected chi connectivity index (χ0v) is 17.2. The van der Waals surface area contributed by atoms with Gasteiger partial charge in [-0.15, -0.1) is 24.0 Å². The van der Waals surface area contributed by atoms with E-state index in [-0.39, 0.29) is 40.7 Å². The maximum atomic E-state index is 13.6. The van der Waals surface area contributed by atoms with Gasteiger partial charge in [0.2, 0.25) is 0 Å². The van der Waals surface area contributed by atoms with Gasteiger partial charge in [-0.1, -0.05) is 6.07 Å². The molecule has 0 unspecified atom stereocenters. The standard InChI is InChI=1S/C16H25F2N3S.HI/c1-5-19-15(21-11-16(2,3)22-4)20-10-9-12-13(17)7-6-8-14(12)18;/h6-8H,5,9-11H2,1-4H3,(H2,19,20,21);1H. The normalized spacial score (nSPS) is 11.8. The van der Waals surface area contributed by atoms with Crippen molar-refractivity contribution in [1.82, 2.24) is 10.6 Å². The van der Waals surface area contributed by atoms with Crippen LogP contribution in [-0.2, 0) is 6.42 Å². The van der Waals surface area contributed by atoms with E-state index in [1.807, 2.05) is 6.92 Å². The molecule has 2 N–H and O–H groups in total. The Morgan fingerprint density at radius 1 is 1.22 bits per heavy atom. The van der Waals surface area contributed by atoms with Crippen molar-refractivity contribution in [1.29, 1.82) is 0 Å². The number of benzene rings is 1. The van der Waals surface area contributed by atoms with Crippen LogP contribution in [0.4, 0.5) is 8.78 Å². The molecule has 0 saturated carbocycles. The van der Waals surface area contributed by atoms with Gasteiger partial charge in [-0.2, -0.15) is 11.8 Å². The second-order valence-electron chi connectivity index (χ2n) is 5.54. The Morgan fingerprint density at radius 2 is 1.83 bits per heavy atom. The predicted molar refractivity (Wildman–Crippen MR) is 107 cm³/mol. The van der Waals surface area contributed by atoms with Gasteiger partial charge in [0.05, 0.1) is 6.54 Å². The molecule has 23 heavy (non-hydrogen) atoms. The summed E-state index contributed by atoms with van der Waals surface area (Å²) in [4.78, 5) is 4.52. The average molecular weight is 457 g/mol. The molecule has 7 heteroatoms. The van der Waals surface area contributed by atoms with Crippen molar-refractivity contribution in [3.63, 3.8) is 0 Å². The Morgan fingerprint density at radius 3 is 2.35 bits per heavy atom. The van der Waals surface area contributed by atoms with Crippen molar-refractivity contribution in [2.45, 2.75) is 31.9 Å². The Kier molecular flexibility index (Phi) is 10.8. The first-order valence-corrected chi connectivity index (χ1v) is 8.62. The van der Waals surface area contributed by atoms with Crippen LogP contribution in [0.2, 0.25) is 0 Å². The van der Waals surface area contributed by atoms with E-state index in [0.29, 0.717) is 19.0 Å². The van der Waals surface area contributed by atoms with Gasteiger partial charge in [0.1, 0.15) is 11.6 Å². The number of thioether (sulfide) groups is 1. The molecule has 0 amide bonds. The SMILES string of the molecule is CCNC(=NCC(C)(C)SC)NCCc1c(F)cccc1F.I. The van der Waals surface area contributed by atoms with Gasteiger partial charge in [0.25, 0.3) is 0 Å². The second-order valence-corrected chi connectivity index (χ2v) is 7.05. The molecule has 0 fully saturated rings. The van der Waals surface area contributed by atoms with Gasteiger partial charge in [-0.3, -0.25) is 4.99 Å². The first-order valence-electron chi connectivity index (χ1n) is 7.40. The third kappa shape index (κ3) is 8.19. The van der Waals surface area contributed by atoms with Crippen molar-refractivity contribution in [2.24, 2.45) is 4.99 Å². The zero-order chi connectivity index (χ0) is 16.6. The molecule has 0 spiro atoms. The summed E-state index contributed by atoms with van der Waals surface area (Å²) in [5.41, 5.74) is 0.107. The molecule has 0 aromatic heterocycles. The van der Waals surface area contributed by atoms with E-state index >= 15 is 0 Å². The fraction of sp³-hybridized carbons (Fsp3) is 0.562. The van der Waals surface area contributed by atoms with Crippen LogP contribution in [0.15, 0.2) is 23.2 Å². The Balaban J connectivity index is 0.00000484. The lowest BCUT2D eigenvalue weighted by Gasteiger charge is -2.20. The summed E-state index contributed by atoms with van der Waals surface area (Å²) in [6.07, 6.45) is 2.33. The van der Waals surface area contributed by atoms with Crippen LogP contribution in [0.5, 0.6) is 0 Å². The average Bonchev–Trinajstić information content (AvgIpc) is 2.48. The second kappa shape index (κ2) is 11.1. The van der Waals surface area contributed by atoms with Gasteiger partial charge in [0, 0.05) is 23.4 Å². The third-order valence-electron chi connectivity index (χ3n) is 3.24. The molecule has 0 heterocycles. The summed E-state index contributed by atoms with van der Waals surface area (Å²) in [7, 11) is 0. The monoisotopic (exact) mass is 457 g/mol. The van der Waals surface area contributed by atoms with Gasteiger partial charge < -0.3 is 10.6 Å². The summed E-state index contributed by atoms with van der Waals surface area (Å²) in [5.74, 6) is -0.346. The minimum absolute atomic E-state index is 0. The molecule has 0 aliphatic heterocycles. The first kappa shape index (κ1) is 22.4. The van der Waals surface area contributed by atoms with E-state index in [2.05, 4.69) is 35.7 Å². The predicted octanol–water partition coefficient (Wildman–Crippen LogP) is 3.82. The molecule has 132 valence electrons. The number of rotatable bonds is 7. The van der Waals surface area contributed by atoms with Crippen LogP contribution in [-0.4, -0.2) is 36.6 Å². The van der Waals surface area contributed by atoms with Gasteiger partial charge >= 0.3 is 0 Å². The number of hydrogen-bond acceptors (Lipinski definition) is 2. The van der Waals surface area contributed by atoms with Crippen LogP contribution in [0, 0.1) is 11.6 Å². The van der Waals surface area contributed by atoms with E-state index in [0.717, 1.165) is 6.54 Å². The molecule has 3 nitrogen and oxygen atoms in total. The van der Waals surface area contributed by atoms with Crippen LogP contribution >= 0.6 is 35.7 Å². The summed E-state index contributed by atoms with van der Waals surface area (Å²) < 4.78 is 27.2. The van der Waals surface area contributed by atoms with Crippen LogP contribution < -0.4 is 10.6 Å². The number of aliphatic imine (C=N–C) groups is 1. The number of hydrogen-bond donors (Lipinski definition) is 2. The highest BCUT2D eigenvalue weighted by Gasteiger charge is 2.15. The lowest BCUT2D eigenvalue weighted by atomic mass is 10.1. The summed E-state index contributed by atoms with van der Waals surface area (Å²) >= 11 is 1.75. The molecule has 0 radical (unpaired) electrons. The largest absolute Gasteiger partial charge is 0.357 e. The number of nitrogens with zero attached hydrogens (tertiary/aromatic N) is 1. The van der Waals surface area contributed by atoms with Crippen molar-refractivity contribution >= 4 is 41.7 Å². The van der Waals surface area contributed by atoms with E-state index in [1.54, 1.807) is 11.8 Å². The number of halogens is 3. The molecule has 0 atom stereocenters. The maximum Gasteiger partial charge on any atom is 0.191 e. The van der Waals surface area contributed by atoms with Gasteiger partial charge in [0.15, 0.2) is 5.96 Å². The van der Waals surface area contributed by atoms with Crippen molar-refractivity contribution in [2.75, 3.05) is 25.9 Å². The molecule has 0 bridgehead atoms. The maximum absolute atomic E-state index is 13.6. The molecular weight excluding hydrogens is 431 g/mol. The number of guanidine groups is 1. The van der Waals surface area contributed by atoms with Crippen LogP contribution in [0.25, 0.3) is 0 Å². The van der Waals surface area contributed by atoms with Crippen LogP contribution in [0.1, 0.15) is 26.3 Å². The molecule has 1 rings (SSSR count). The van der Waals surface area contributed by atoms with Crippen molar-refractivity contribution < 1.29 is 8.78 Å². The van der Waals surface area contributed by atoms with Gasteiger partial charge in [-0.25, -0.2) is 8.78 Å². The molecule has 0 saturated heterocycles. The fourth-order valence-corrected chi connectivity index (χ4v) is 1.95. The van der Waals surface area contributed by atoms with Crippen molar-refractivity contribution in [3.8, 4) is 0 Å².